The van der Waals surface area contributed by atoms with Crippen molar-refractivity contribution in [3.8, 4) is 0 Å². The van der Waals surface area contributed by atoms with E-state index in [1.165, 1.54) is 0 Å². The molecule has 0 atom stereocenters. The van der Waals surface area contributed by atoms with Gasteiger partial charge in [-0.25, -0.2) is 4.79 Å². The summed E-state index contributed by atoms with van der Waals surface area (Å²) >= 11 is 0. The van der Waals surface area contributed by atoms with Gasteiger partial charge in [-0.05, 0) is 26.8 Å². The third kappa shape index (κ3) is 3.34. The van der Waals surface area contributed by atoms with Crippen LogP contribution in [-0.4, -0.2) is 64.4 Å². The highest BCUT2D eigenvalue weighted by Crippen LogP contribution is 2.11. The van der Waals surface area contributed by atoms with E-state index in [0.29, 0.717) is 45.0 Å². The lowest BCUT2D eigenvalue weighted by atomic mass is 10.2. The minimum absolute atomic E-state index is 0.0269. The van der Waals surface area contributed by atoms with Crippen molar-refractivity contribution in [2.45, 2.75) is 27.3 Å². The number of aryl methyl sites for hydroxylation is 2. The van der Waals surface area contributed by atoms with Gasteiger partial charge >= 0.3 is 6.09 Å². The van der Waals surface area contributed by atoms with E-state index >= 15 is 0 Å². The number of rotatable bonds is 3. The maximum absolute atomic E-state index is 12.5. The summed E-state index contributed by atoms with van der Waals surface area (Å²) in [4.78, 5) is 27.6. The molecule has 0 radical (unpaired) electrons. The van der Waals surface area contributed by atoms with Crippen LogP contribution in [0.1, 0.15) is 30.0 Å². The molecule has 21 heavy (non-hydrogen) atoms. The molecule has 2 rings (SSSR count). The predicted octanol–water partition coefficient (Wildman–Crippen LogP) is 1.13. The summed E-state index contributed by atoms with van der Waals surface area (Å²) in [6.07, 6.45) is -0.306. The minimum atomic E-state index is -0.306. The van der Waals surface area contributed by atoms with Crippen LogP contribution in [0, 0.1) is 6.92 Å². The third-order valence-corrected chi connectivity index (χ3v) is 3.51. The first-order valence-electron chi connectivity index (χ1n) is 7.32. The van der Waals surface area contributed by atoms with Crippen LogP contribution >= 0.6 is 0 Å². The summed E-state index contributed by atoms with van der Waals surface area (Å²) in [5, 5.41) is 4.30. The Morgan fingerprint density at radius 2 is 1.81 bits per heavy atom. The first-order valence-corrected chi connectivity index (χ1v) is 7.32. The highest BCUT2D eigenvalue weighted by Gasteiger charge is 2.27. The average Bonchev–Trinajstić information content (AvgIpc) is 2.88. The molecule has 0 N–H and O–H groups in total. The van der Waals surface area contributed by atoms with E-state index in [-0.39, 0.29) is 12.0 Å². The van der Waals surface area contributed by atoms with Gasteiger partial charge in [0.1, 0.15) is 5.69 Å². The number of carbonyl (C=O) groups is 2. The Morgan fingerprint density at radius 1 is 1.19 bits per heavy atom. The number of nitrogens with zero attached hydrogens (tertiary/aromatic N) is 4. The average molecular weight is 294 g/mol. The fourth-order valence-corrected chi connectivity index (χ4v) is 2.43. The standard InChI is InChI=1S/C14H22N4O3/c1-4-18-12(10-11(3)15-18)13(19)16-6-8-17(9-7-16)14(20)21-5-2/h10H,4-9H2,1-3H3. The monoisotopic (exact) mass is 294 g/mol. The molecular formula is C14H22N4O3. The fraction of sp³-hybridized carbons (Fsp3) is 0.643. The van der Waals surface area contributed by atoms with Gasteiger partial charge in [0.15, 0.2) is 0 Å². The molecule has 0 aliphatic carbocycles. The summed E-state index contributed by atoms with van der Waals surface area (Å²) in [6, 6.07) is 1.81. The number of amides is 2. The van der Waals surface area contributed by atoms with Gasteiger partial charge < -0.3 is 14.5 Å². The summed E-state index contributed by atoms with van der Waals surface area (Å²) < 4.78 is 6.69. The van der Waals surface area contributed by atoms with E-state index in [9.17, 15) is 9.59 Å². The smallest absolute Gasteiger partial charge is 0.409 e. The summed E-state index contributed by atoms with van der Waals surface area (Å²) in [5.41, 5.74) is 1.45. The first-order chi connectivity index (χ1) is 10.1. The summed E-state index contributed by atoms with van der Waals surface area (Å²) in [6.45, 7) is 8.70. The number of hydrogen-bond acceptors (Lipinski definition) is 4. The van der Waals surface area contributed by atoms with Crippen molar-refractivity contribution < 1.29 is 14.3 Å². The van der Waals surface area contributed by atoms with E-state index in [1.54, 1.807) is 21.4 Å². The molecule has 2 heterocycles. The number of piperazine rings is 1. The lowest BCUT2D eigenvalue weighted by molar-refractivity contribution is 0.0561. The van der Waals surface area contributed by atoms with Gasteiger partial charge in [-0.3, -0.25) is 9.48 Å². The normalized spacial score (nSPS) is 15.2. The zero-order valence-electron chi connectivity index (χ0n) is 12.8. The van der Waals surface area contributed by atoms with Crippen LogP contribution in [-0.2, 0) is 11.3 Å². The second-order valence-corrected chi connectivity index (χ2v) is 4.96. The van der Waals surface area contributed by atoms with Gasteiger partial charge in [-0.1, -0.05) is 0 Å². The molecule has 7 nitrogen and oxygen atoms in total. The molecule has 0 unspecified atom stereocenters. The minimum Gasteiger partial charge on any atom is -0.450 e. The highest BCUT2D eigenvalue weighted by atomic mass is 16.6. The Kier molecular flexibility index (Phi) is 4.82. The Bertz CT molecular complexity index is 518. The third-order valence-electron chi connectivity index (χ3n) is 3.51. The zero-order valence-corrected chi connectivity index (χ0v) is 12.8. The molecule has 0 saturated carbocycles. The van der Waals surface area contributed by atoms with E-state index in [0.717, 1.165) is 5.69 Å². The van der Waals surface area contributed by atoms with Crippen LogP contribution in [0.15, 0.2) is 6.07 Å². The molecule has 1 fully saturated rings. The predicted molar refractivity (Wildman–Crippen MR) is 77.1 cm³/mol. The first kappa shape index (κ1) is 15.3. The summed E-state index contributed by atoms with van der Waals surface area (Å²) in [5.74, 6) is -0.0269. The van der Waals surface area contributed by atoms with E-state index in [2.05, 4.69) is 5.10 Å². The maximum atomic E-state index is 12.5. The lowest BCUT2D eigenvalue weighted by Gasteiger charge is -2.34. The van der Waals surface area contributed by atoms with Gasteiger partial charge in [-0.2, -0.15) is 5.10 Å². The van der Waals surface area contributed by atoms with Gasteiger partial charge in [0.05, 0.1) is 12.3 Å². The number of aromatic nitrogens is 2. The Balaban J connectivity index is 1.98. The number of ether oxygens (including phenoxy) is 1. The van der Waals surface area contributed by atoms with E-state index in [1.807, 2.05) is 19.9 Å². The number of carbonyl (C=O) groups excluding carboxylic acids is 2. The maximum Gasteiger partial charge on any atom is 0.409 e. The second-order valence-electron chi connectivity index (χ2n) is 4.96. The molecule has 1 aliphatic heterocycles. The SMILES string of the molecule is CCOC(=O)N1CCN(C(=O)c2cc(C)nn2CC)CC1. The Morgan fingerprint density at radius 3 is 2.38 bits per heavy atom. The topological polar surface area (TPSA) is 67.7 Å². The molecule has 1 saturated heterocycles. The fourth-order valence-electron chi connectivity index (χ4n) is 2.43. The molecular weight excluding hydrogens is 272 g/mol. The van der Waals surface area contributed by atoms with Crippen molar-refractivity contribution in [3.63, 3.8) is 0 Å². The van der Waals surface area contributed by atoms with Crippen molar-refractivity contribution in [1.82, 2.24) is 19.6 Å². The largest absolute Gasteiger partial charge is 0.450 e. The molecule has 2 amide bonds. The van der Waals surface area contributed by atoms with Crippen LogP contribution in [0.5, 0.6) is 0 Å². The van der Waals surface area contributed by atoms with Crippen LogP contribution in [0.25, 0.3) is 0 Å². The zero-order chi connectivity index (χ0) is 15.4. The van der Waals surface area contributed by atoms with Crippen molar-refractivity contribution in [2.24, 2.45) is 0 Å². The van der Waals surface area contributed by atoms with Gasteiger partial charge in [0.25, 0.3) is 5.91 Å². The molecule has 0 aromatic carbocycles. The summed E-state index contributed by atoms with van der Waals surface area (Å²) in [7, 11) is 0. The Labute approximate surface area is 124 Å². The molecule has 0 spiro atoms. The van der Waals surface area contributed by atoms with Crippen LogP contribution in [0.4, 0.5) is 4.79 Å². The molecule has 1 aliphatic rings. The van der Waals surface area contributed by atoms with Crippen molar-refractivity contribution in [1.29, 1.82) is 0 Å². The van der Waals surface area contributed by atoms with Crippen molar-refractivity contribution in [2.75, 3.05) is 32.8 Å². The lowest BCUT2D eigenvalue weighted by Crippen LogP contribution is -2.51. The second kappa shape index (κ2) is 6.60. The molecule has 1 aromatic rings. The van der Waals surface area contributed by atoms with Crippen LogP contribution in [0.3, 0.4) is 0 Å². The Hall–Kier alpha value is -2.05. The van der Waals surface area contributed by atoms with Gasteiger partial charge in [-0.15, -0.1) is 0 Å². The molecule has 116 valence electrons. The molecule has 1 aromatic heterocycles. The number of hydrogen-bond donors (Lipinski definition) is 0. The van der Waals surface area contributed by atoms with E-state index < -0.39 is 0 Å². The van der Waals surface area contributed by atoms with Gasteiger partial charge in [0.2, 0.25) is 0 Å². The highest BCUT2D eigenvalue weighted by molar-refractivity contribution is 5.93. The quantitative estimate of drug-likeness (QED) is 0.838. The van der Waals surface area contributed by atoms with Crippen LogP contribution < -0.4 is 0 Å². The van der Waals surface area contributed by atoms with E-state index in [4.69, 9.17) is 4.74 Å². The van der Waals surface area contributed by atoms with Crippen LogP contribution in [0.2, 0.25) is 0 Å². The van der Waals surface area contributed by atoms with Gasteiger partial charge in [0, 0.05) is 32.7 Å². The van der Waals surface area contributed by atoms with Crippen molar-refractivity contribution >= 4 is 12.0 Å². The molecule has 0 bridgehead atoms. The van der Waals surface area contributed by atoms with Crippen molar-refractivity contribution in [3.05, 3.63) is 17.5 Å². The molecule has 7 heteroatoms.